The van der Waals surface area contributed by atoms with Crippen molar-refractivity contribution in [3.05, 3.63) is 59.0 Å². The maximum atomic E-state index is 5.86. The first-order chi connectivity index (χ1) is 9.22. The molecule has 0 aliphatic heterocycles. The van der Waals surface area contributed by atoms with E-state index in [2.05, 4.69) is 30.3 Å². The van der Waals surface area contributed by atoms with E-state index in [9.17, 15) is 0 Å². The molecule has 0 bridgehead atoms. The predicted molar refractivity (Wildman–Crippen MR) is 81.7 cm³/mol. The molecule has 96 valence electrons. The van der Waals surface area contributed by atoms with E-state index in [0.717, 1.165) is 17.0 Å². The average Bonchev–Trinajstić information content (AvgIpc) is 2.80. The minimum absolute atomic E-state index is 0.601. The second-order valence-corrected chi connectivity index (χ2v) is 5.73. The zero-order chi connectivity index (χ0) is 13.2. The molecule has 1 aromatic heterocycles. The molecule has 0 radical (unpaired) electrons. The van der Waals surface area contributed by atoms with Gasteiger partial charge in [-0.25, -0.2) is 0 Å². The number of hydrogen-bond donors (Lipinski definition) is 1. The molecule has 0 saturated heterocycles. The Hall–Kier alpha value is -2.00. The van der Waals surface area contributed by atoms with Crippen LogP contribution in [0.1, 0.15) is 10.4 Å². The summed E-state index contributed by atoms with van der Waals surface area (Å²) >= 11 is 1.78. The molecule has 2 nitrogen and oxygen atoms in total. The number of nitrogen functional groups attached to an aromatic ring is 1. The Balaban J connectivity index is 1.78. The molecular formula is C16H15NOS. The molecule has 3 rings (SSSR count). The van der Waals surface area contributed by atoms with Crippen LogP contribution in [0.2, 0.25) is 0 Å². The van der Waals surface area contributed by atoms with Crippen LogP contribution in [-0.2, 0) is 6.61 Å². The molecule has 0 unspecified atom stereocenters. The van der Waals surface area contributed by atoms with Gasteiger partial charge in [-0.05, 0) is 48.2 Å². The average molecular weight is 269 g/mol. The van der Waals surface area contributed by atoms with Crippen LogP contribution < -0.4 is 10.5 Å². The normalized spacial score (nSPS) is 10.8. The molecule has 2 N–H and O–H groups in total. The third-order valence-electron chi connectivity index (χ3n) is 3.05. The highest BCUT2D eigenvalue weighted by molar-refractivity contribution is 7.19. The molecule has 0 spiro atoms. The Kier molecular flexibility index (Phi) is 3.13. The second kappa shape index (κ2) is 4.94. The van der Waals surface area contributed by atoms with E-state index < -0.39 is 0 Å². The van der Waals surface area contributed by atoms with Gasteiger partial charge in [0.05, 0.1) is 0 Å². The van der Waals surface area contributed by atoms with Crippen molar-refractivity contribution in [3.63, 3.8) is 0 Å². The second-order valence-electron chi connectivity index (χ2n) is 4.56. The summed E-state index contributed by atoms with van der Waals surface area (Å²) in [5.41, 5.74) is 7.57. The van der Waals surface area contributed by atoms with Crippen molar-refractivity contribution in [1.29, 1.82) is 0 Å². The van der Waals surface area contributed by atoms with Gasteiger partial charge in [-0.3, -0.25) is 0 Å². The number of rotatable bonds is 3. The van der Waals surface area contributed by atoms with Crippen LogP contribution in [0.25, 0.3) is 10.1 Å². The van der Waals surface area contributed by atoms with Crippen LogP contribution in [-0.4, -0.2) is 0 Å². The lowest BCUT2D eigenvalue weighted by molar-refractivity contribution is 0.308. The van der Waals surface area contributed by atoms with Crippen LogP contribution in [0.3, 0.4) is 0 Å². The number of aryl methyl sites for hydroxylation is 1. The molecule has 0 atom stereocenters. The van der Waals surface area contributed by atoms with Gasteiger partial charge in [0.1, 0.15) is 12.4 Å². The van der Waals surface area contributed by atoms with E-state index in [4.69, 9.17) is 10.5 Å². The lowest BCUT2D eigenvalue weighted by Gasteiger charge is -2.08. The fourth-order valence-corrected chi connectivity index (χ4v) is 3.07. The zero-order valence-electron chi connectivity index (χ0n) is 10.7. The molecule has 2 aromatic carbocycles. The first-order valence-corrected chi connectivity index (χ1v) is 7.00. The molecular weight excluding hydrogens is 254 g/mol. The third-order valence-corrected chi connectivity index (χ3v) is 4.14. The first kappa shape index (κ1) is 12.1. The van der Waals surface area contributed by atoms with Gasteiger partial charge in [0, 0.05) is 15.3 Å². The zero-order valence-corrected chi connectivity index (χ0v) is 11.5. The topological polar surface area (TPSA) is 35.2 Å². The predicted octanol–water partition coefficient (Wildman–Crippen LogP) is 4.37. The number of fused-ring (bicyclic) bond motifs is 1. The number of thiophene rings is 1. The van der Waals surface area contributed by atoms with Gasteiger partial charge in [0.25, 0.3) is 0 Å². The van der Waals surface area contributed by atoms with E-state index in [1.54, 1.807) is 11.3 Å². The first-order valence-electron chi connectivity index (χ1n) is 6.19. The van der Waals surface area contributed by atoms with Crippen LogP contribution in [0, 0.1) is 6.92 Å². The number of hydrogen-bond acceptors (Lipinski definition) is 3. The number of benzene rings is 2. The van der Waals surface area contributed by atoms with Crippen molar-refractivity contribution in [2.24, 2.45) is 0 Å². The fourth-order valence-electron chi connectivity index (χ4n) is 2.09. The highest BCUT2D eigenvalue weighted by Gasteiger charge is 2.04. The summed E-state index contributed by atoms with van der Waals surface area (Å²) in [6, 6.07) is 16.3. The van der Waals surface area contributed by atoms with Gasteiger partial charge in [0.2, 0.25) is 0 Å². The minimum atomic E-state index is 0.601. The third kappa shape index (κ3) is 2.56. The van der Waals surface area contributed by atoms with E-state index >= 15 is 0 Å². The summed E-state index contributed by atoms with van der Waals surface area (Å²) in [4.78, 5) is 1.23. The van der Waals surface area contributed by atoms with Crippen LogP contribution in [0.15, 0.2) is 48.5 Å². The quantitative estimate of drug-likeness (QED) is 0.716. The highest BCUT2D eigenvalue weighted by atomic mass is 32.1. The Morgan fingerprint density at radius 1 is 1.11 bits per heavy atom. The van der Waals surface area contributed by atoms with E-state index in [1.165, 1.54) is 15.0 Å². The Labute approximate surface area is 116 Å². The standard InChI is InChI=1S/C16H15NOS/c1-11-8-13(17)6-7-15(11)18-10-14-9-12-4-2-3-5-16(12)19-14/h2-9H,10,17H2,1H3. The Morgan fingerprint density at radius 2 is 1.95 bits per heavy atom. The molecule has 19 heavy (non-hydrogen) atoms. The molecule has 0 aliphatic carbocycles. The summed E-state index contributed by atoms with van der Waals surface area (Å²) in [7, 11) is 0. The van der Waals surface area contributed by atoms with Gasteiger partial charge < -0.3 is 10.5 Å². The molecule has 3 heteroatoms. The monoisotopic (exact) mass is 269 g/mol. The largest absolute Gasteiger partial charge is 0.488 e. The maximum Gasteiger partial charge on any atom is 0.122 e. The molecule has 0 aliphatic rings. The van der Waals surface area contributed by atoms with Crippen molar-refractivity contribution >= 4 is 27.1 Å². The summed E-state index contributed by atoms with van der Waals surface area (Å²) in [6.45, 7) is 2.61. The van der Waals surface area contributed by atoms with Crippen LogP contribution >= 0.6 is 11.3 Å². The van der Waals surface area contributed by atoms with E-state index in [1.807, 2.05) is 25.1 Å². The van der Waals surface area contributed by atoms with Crippen molar-refractivity contribution in [2.75, 3.05) is 5.73 Å². The summed E-state index contributed by atoms with van der Waals surface area (Å²) < 4.78 is 7.16. The summed E-state index contributed by atoms with van der Waals surface area (Å²) in [5, 5.41) is 1.28. The van der Waals surface area contributed by atoms with Gasteiger partial charge in [-0.15, -0.1) is 11.3 Å². The minimum Gasteiger partial charge on any atom is -0.488 e. The molecule has 0 saturated carbocycles. The summed E-state index contributed by atoms with van der Waals surface area (Å²) in [5.74, 6) is 0.895. The van der Waals surface area contributed by atoms with Gasteiger partial charge >= 0.3 is 0 Å². The van der Waals surface area contributed by atoms with Crippen LogP contribution in [0.5, 0.6) is 5.75 Å². The Bertz CT molecular complexity index is 685. The van der Waals surface area contributed by atoms with Crippen molar-refractivity contribution in [2.45, 2.75) is 13.5 Å². The Morgan fingerprint density at radius 3 is 2.74 bits per heavy atom. The highest BCUT2D eigenvalue weighted by Crippen LogP contribution is 2.27. The molecule has 1 heterocycles. The smallest absolute Gasteiger partial charge is 0.122 e. The van der Waals surface area contributed by atoms with Crippen molar-refractivity contribution in [1.82, 2.24) is 0 Å². The number of nitrogens with two attached hydrogens (primary N) is 1. The number of anilines is 1. The molecule has 0 amide bonds. The van der Waals surface area contributed by atoms with Gasteiger partial charge in [-0.1, -0.05) is 18.2 Å². The van der Waals surface area contributed by atoms with E-state index in [-0.39, 0.29) is 0 Å². The van der Waals surface area contributed by atoms with Gasteiger partial charge in [-0.2, -0.15) is 0 Å². The fraction of sp³-hybridized carbons (Fsp3) is 0.125. The van der Waals surface area contributed by atoms with E-state index in [0.29, 0.717) is 6.61 Å². The van der Waals surface area contributed by atoms with Crippen LogP contribution in [0.4, 0.5) is 5.69 Å². The molecule has 3 aromatic rings. The molecule has 0 fully saturated rings. The van der Waals surface area contributed by atoms with Gasteiger partial charge in [0.15, 0.2) is 0 Å². The lowest BCUT2D eigenvalue weighted by atomic mass is 10.2. The number of ether oxygens (including phenoxy) is 1. The summed E-state index contributed by atoms with van der Waals surface area (Å²) in [6.07, 6.45) is 0. The van der Waals surface area contributed by atoms with Crippen molar-refractivity contribution < 1.29 is 4.74 Å². The van der Waals surface area contributed by atoms with Crippen molar-refractivity contribution in [3.8, 4) is 5.75 Å². The maximum absolute atomic E-state index is 5.86. The SMILES string of the molecule is Cc1cc(N)ccc1OCc1cc2ccccc2s1. The lowest BCUT2D eigenvalue weighted by Crippen LogP contribution is -1.95.